The van der Waals surface area contributed by atoms with E-state index in [1.54, 1.807) is 31.5 Å². The second kappa shape index (κ2) is 6.46. The number of nitrogens with zero attached hydrogens (tertiary/aromatic N) is 2. The maximum atomic E-state index is 11.9. The van der Waals surface area contributed by atoms with Crippen LogP contribution in [0.1, 0.15) is 12.5 Å². The molecule has 0 aromatic carbocycles. The van der Waals surface area contributed by atoms with Gasteiger partial charge in [0.05, 0.1) is 5.75 Å². The van der Waals surface area contributed by atoms with E-state index < -0.39 is 22.5 Å². The van der Waals surface area contributed by atoms with Crippen LogP contribution in [0.25, 0.3) is 0 Å². The summed E-state index contributed by atoms with van der Waals surface area (Å²) in [5.41, 5.74) is 0.861. The van der Waals surface area contributed by atoms with Crippen LogP contribution >= 0.6 is 0 Å². The molecule has 6 nitrogen and oxygen atoms in total. The van der Waals surface area contributed by atoms with Gasteiger partial charge in [-0.3, -0.25) is 9.78 Å². The van der Waals surface area contributed by atoms with Crippen molar-refractivity contribution in [3.8, 4) is 0 Å². The average Bonchev–Trinajstić information content (AvgIpc) is 2.34. The molecule has 100 valence electrons. The number of pyridine rings is 1. The van der Waals surface area contributed by atoms with Gasteiger partial charge in [0.1, 0.15) is 6.54 Å². The number of likely N-dealkylation sites (N-methyl/N-ethyl adjacent to an activating group) is 1. The average molecular weight is 272 g/mol. The Morgan fingerprint density at radius 3 is 2.50 bits per heavy atom. The van der Waals surface area contributed by atoms with Gasteiger partial charge in [-0.15, -0.1) is 0 Å². The third kappa shape index (κ3) is 4.42. The van der Waals surface area contributed by atoms with Gasteiger partial charge in [-0.05, 0) is 24.1 Å². The van der Waals surface area contributed by atoms with Crippen molar-refractivity contribution in [2.75, 3.05) is 18.8 Å². The highest BCUT2D eigenvalue weighted by Gasteiger charge is 2.22. The van der Waals surface area contributed by atoms with E-state index in [9.17, 15) is 13.2 Å². The van der Waals surface area contributed by atoms with Gasteiger partial charge < -0.3 is 5.11 Å². The normalized spacial score (nSPS) is 11.7. The molecule has 0 aliphatic heterocycles. The first-order valence-electron chi connectivity index (χ1n) is 5.54. The molecule has 7 heteroatoms. The lowest BCUT2D eigenvalue weighted by Crippen LogP contribution is -2.37. The van der Waals surface area contributed by atoms with Crippen LogP contribution in [0, 0.1) is 0 Å². The molecule has 0 atom stereocenters. The highest BCUT2D eigenvalue weighted by molar-refractivity contribution is 7.89. The first kappa shape index (κ1) is 14.6. The summed E-state index contributed by atoms with van der Waals surface area (Å²) in [6.45, 7) is 1.28. The van der Waals surface area contributed by atoms with Gasteiger partial charge in [-0.2, -0.15) is 4.31 Å². The molecule has 0 spiro atoms. The van der Waals surface area contributed by atoms with Crippen LogP contribution < -0.4 is 0 Å². The number of carboxylic acids is 1. The van der Waals surface area contributed by atoms with Crippen molar-refractivity contribution in [1.82, 2.24) is 9.29 Å². The Labute approximate surface area is 106 Å². The van der Waals surface area contributed by atoms with E-state index in [0.29, 0.717) is 6.42 Å². The fraction of sp³-hybridized carbons (Fsp3) is 0.455. The number of carboxylic acid groups (broad SMARTS) is 1. The molecule has 1 rings (SSSR count). The van der Waals surface area contributed by atoms with Crippen LogP contribution in [0.3, 0.4) is 0 Å². The van der Waals surface area contributed by atoms with Crippen LogP contribution in [-0.2, 0) is 21.2 Å². The second-order valence-corrected chi connectivity index (χ2v) is 5.83. The van der Waals surface area contributed by atoms with Gasteiger partial charge in [0, 0.05) is 18.9 Å². The minimum atomic E-state index is -3.53. The molecular weight excluding hydrogens is 256 g/mol. The van der Waals surface area contributed by atoms with Gasteiger partial charge in [0.2, 0.25) is 10.0 Å². The number of hydrogen-bond donors (Lipinski definition) is 1. The molecule has 0 aliphatic rings. The summed E-state index contributed by atoms with van der Waals surface area (Å²) in [6.07, 6.45) is 3.54. The van der Waals surface area contributed by atoms with Gasteiger partial charge in [-0.1, -0.05) is 6.92 Å². The lowest BCUT2D eigenvalue weighted by Gasteiger charge is -2.18. The highest BCUT2D eigenvalue weighted by Crippen LogP contribution is 2.06. The van der Waals surface area contributed by atoms with E-state index in [1.165, 1.54) is 0 Å². The lowest BCUT2D eigenvalue weighted by molar-refractivity contribution is -0.137. The molecule has 0 unspecified atom stereocenters. The smallest absolute Gasteiger partial charge is 0.318 e. The summed E-state index contributed by atoms with van der Waals surface area (Å²) in [5, 5.41) is 8.65. The largest absolute Gasteiger partial charge is 0.480 e. The summed E-state index contributed by atoms with van der Waals surface area (Å²) in [5.74, 6) is -1.25. The maximum Gasteiger partial charge on any atom is 0.318 e. The van der Waals surface area contributed by atoms with E-state index in [2.05, 4.69) is 4.98 Å². The third-order valence-corrected chi connectivity index (χ3v) is 4.35. The van der Waals surface area contributed by atoms with E-state index in [1.807, 2.05) is 0 Å². The molecule has 0 aliphatic carbocycles. The second-order valence-electron chi connectivity index (χ2n) is 3.74. The molecular formula is C11H16N2O4S. The Kier molecular flexibility index (Phi) is 5.24. The molecule has 0 saturated heterocycles. The monoisotopic (exact) mass is 272 g/mol. The third-order valence-electron chi connectivity index (χ3n) is 2.46. The van der Waals surface area contributed by atoms with Crippen molar-refractivity contribution in [2.24, 2.45) is 0 Å². The molecule has 1 heterocycles. The summed E-state index contributed by atoms with van der Waals surface area (Å²) >= 11 is 0. The summed E-state index contributed by atoms with van der Waals surface area (Å²) in [7, 11) is -3.53. The molecule has 0 bridgehead atoms. The standard InChI is InChI=1S/C11H16N2O4S/c1-2-13(9-11(14)15)18(16,17)8-5-10-3-6-12-7-4-10/h3-4,6-7H,2,5,8-9H2,1H3,(H,14,15). The molecule has 0 fully saturated rings. The minimum Gasteiger partial charge on any atom is -0.480 e. The molecule has 0 radical (unpaired) electrons. The Bertz CT molecular complexity index is 487. The predicted molar refractivity (Wildman–Crippen MR) is 66.6 cm³/mol. The van der Waals surface area contributed by atoms with Crippen molar-refractivity contribution in [3.05, 3.63) is 30.1 Å². The SMILES string of the molecule is CCN(CC(=O)O)S(=O)(=O)CCc1ccncc1. The van der Waals surface area contributed by atoms with E-state index in [-0.39, 0.29) is 12.3 Å². The van der Waals surface area contributed by atoms with Crippen molar-refractivity contribution < 1.29 is 18.3 Å². The van der Waals surface area contributed by atoms with Gasteiger partial charge >= 0.3 is 5.97 Å². The number of hydrogen-bond acceptors (Lipinski definition) is 4. The van der Waals surface area contributed by atoms with E-state index >= 15 is 0 Å². The molecule has 1 aromatic rings. The zero-order chi connectivity index (χ0) is 13.6. The van der Waals surface area contributed by atoms with Crippen molar-refractivity contribution in [3.63, 3.8) is 0 Å². The summed E-state index contributed by atoms with van der Waals surface area (Å²) < 4.78 is 24.8. The van der Waals surface area contributed by atoms with Crippen LogP contribution in [0.2, 0.25) is 0 Å². The van der Waals surface area contributed by atoms with Crippen LogP contribution in [-0.4, -0.2) is 47.6 Å². The zero-order valence-electron chi connectivity index (χ0n) is 10.1. The van der Waals surface area contributed by atoms with E-state index in [4.69, 9.17) is 5.11 Å². The van der Waals surface area contributed by atoms with Crippen molar-refractivity contribution in [1.29, 1.82) is 0 Å². The first-order valence-corrected chi connectivity index (χ1v) is 7.15. The van der Waals surface area contributed by atoms with E-state index in [0.717, 1.165) is 9.87 Å². The van der Waals surface area contributed by atoms with Crippen LogP contribution in [0.5, 0.6) is 0 Å². The fourth-order valence-electron chi connectivity index (χ4n) is 1.48. The van der Waals surface area contributed by atoms with Crippen molar-refractivity contribution >= 4 is 16.0 Å². The minimum absolute atomic E-state index is 0.0991. The van der Waals surface area contributed by atoms with Crippen LogP contribution in [0.15, 0.2) is 24.5 Å². The summed E-state index contributed by atoms with van der Waals surface area (Å²) in [6, 6.07) is 3.48. The number of rotatable bonds is 7. The maximum absolute atomic E-state index is 11.9. The Morgan fingerprint density at radius 1 is 1.39 bits per heavy atom. The molecule has 1 N–H and O–H groups in total. The Morgan fingerprint density at radius 2 is 2.00 bits per heavy atom. The Balaban J connectivity index is 2.66. The van der Waals surface area contributed by atoms with Crippen molar-refractivity contribution in [2.45, 2.75) is 13.3 Å². The number of aromatic nitrogens is 1. The molecule has 0 amide bonds. The molecule has 1 aromatic heterocycles. The fourth-order valence-corrected chi connectivity index (χ4v) is 2.94. The van der Waals surface area contributed by atoms with Gasteiger partial charge in [-0.25, -0.2) is 8.42 Å². The first-order chi connectivity index (χ1) is 8.45. The quantitative estimate of drug-likeness (QED) is 0.774. The zero-order valence-corrected chi connectivity index (χ0v) is 10.9. The number of aryl methyl sites for hydroxylation is 1. The molecule has 0 saturated carbocycles. The Hall–Kier alpha value is -1.47. The number of carbonyl (C=O) groups is 1. The lowest BCUT2D eigenvalue weighted by atomic mass is 10.2. The number of aliphatic carboxylic acids is 1. The molecule has 18 heavy (non-hydrogen) atoms. The summed E-state index contributed by atoms with van der Waals surface area (Å²) in [4.78, 5) is 14.4. The topological polar surface area (TPSA) is 87.6 Å². The number of sulfonamides is 1. The van der Waals surface area contributed by atoms with Crippen LogP contribution in [0.4, 0.5) is 0 Å². The van der Waals surface area contributed by atoms with Gasteiger partial charge in [0.25, 0.3) is 0 Å². The highest BCUT2D eigenvalue weighted by atomic mass is 32.2. The predicted octanol–water partition coefficient (Wildman–Crippen LogP) is 0.360. The van der Waals surface area contributed by atoms with Gasteiger partial charge in [0.15, 0.2) is 0 Å².